The van der Waals surface area contributed by atoms with Crippen LogP contribution in [0.15, 0.2) is 6.07 Å². The highest BCUT2D eigenvalue weighted by atomic mass is 16.5. The van der Waals surface area contributed by atoms with Crippen LogP contribution in [0.2, 0.25) is 0 Å². The summed E-state index contributed by atoms with van der Waals surface area (Å²) in [5.41, 5.74) is 1.38. The molecule has 0 aliphatic carbocycles. The van der Waals surface area contributed by atoms with E-state index in [2.05, 4.69) is 24.3 Å². The van der Waals surface area contributed by atoms with E-state index in [9.17, 15) is 9.59 Å². The fourth-order valence-corrected chi connectivity index (χ4v) is 3.56. The van der Waals surface area contributed by atoms with Gasteiger partial charge in [0, 0.05) is 38.5 Å². The number of aryl methyl sites for hydroxylation is 1. The summed E-state index contributed by atoms with van der Waals surface area (Å²) in [5, 5.41) is 7.13. The third-order valence-electron chi connectivity index (χ3n) is 4.92. The third-order valence-corrected chi connectivity index (χ3v) is 4.92. The second kappa shape index (κ2) is 6.93. The minimum Gasteiger partial charge on any atom is -0.381 e. The quantitative estimate of drug-likeness (QED) is 0.893. The van der Waals surface area contributed by atoms with Crippen molar-refractivity contribution in [3.8, 4) is 0 Å². The average Bonchev–Trinajstić information content (AvgIpc) is 3.12. The molecule has 3 heterocycles. The second-order valence-corrected chi connectivity index (χ2v) is 6.92. The smallest absolute Gasteiger partial charge is 0.272 e. The fraction of sp³-hybridized carbons (Fsp3) is 0.706. The lowest BCUT2D eigenvalue weighted by atomic mass is 10.1. The van der Waals surface area contributed by atoms with E-state index in [1.807, 2.05) is 11.9 Å². The summed E-state index contributed by atoms with van der Waals surface area (Å²) in [6.45, 7) is 6.23. The van der Waals surface area contributed by atoms with Crippen molar-refractivity contribution in [1.29, 1.82) is 0 Å². The fourth-order valence-electron chi connectivity index (χ4n) is 3.56. The molecule has 3 rings (SSSR count). The summed E-state index contributed by atoms with van der Waals surface area (Å²) in [6.07, 6.45) is 2.42. The molecule has 0 bridgehead atoms. The number of carbonyl (C=O) groups excluding carboxylic acids is 2. The Hall–Kier alpha value is -1.89. The highest BCUT2D eigenvalue weighted by molar-refractivity contribution is 5.96. The van der Waals surface area contributed by atoms with Crippen molar-refractivity contribution in [3.05, 3.63) is 17.5 Å². The summed E-state index contributed by atoms with van der Waals surface area (Å²) >= 11 is 0. The Bertz CT molecular complexity index is 619. The van der Waals surface area contributed by atoms with E-state index in [0.29, 0.717) is 37.8 Å². The Morgan fingerprint density at radius 2 is 2.04 bits per heavy atom. The number of ether oxygens (including phenoxy) is 1. The van der Waals surface area contributed by atoms with Crippen molar-refractivity contribution >= 4 is 11.8 Å². The molecule has 2 aliphatic rings. The lowest BCUT2D eigenvalue weighted by Gasteiger charge is -2.31. The van der Waals surface area contributed by atoms with Gasteiger partial charge in [-0.15, -0.1) is 0 Å². The molecule has 2 aliphatic heterocycles. The zero-order valence-corrected chi connectivity index (χ0v) is 14.6. The lowest BCUT2D eigenvalue weighted by molar-refractivity contribution is -0.132. The van der Waals surface area contributed by atoms with Crippen molar-refractivity contribution in [1.82, 2.24) is 20.0 Å². The van der Waals surface area contributed by atoms with Crippen LogP contribution in [0.5, 0.6) is 0 Å². The van der Waals surface area contributed by atoms with Crippen LogP contribution in [0.25, 0.3) is 0 Å². The first-order valence-corrected chi connectivity index (χ1v) is 8.70. The van der Waals surface area contributed by atoms with E-state index in [-0.39, 0.29) is 17.9 Å². The highest BCUT2D eigenvalue weighted by Gasteiger charge is 2.37. The first-order chi connectivity index (χ1) is 11.5. The van der Waals surface area contributed by atoms with E-state index in [1.54, 1.807) is 10.7 Å². The Morgan fingerprint density at radius 3 is 2.67 bits per heavy atom. The first-order valence-electron chi connectivity index (χ1n) is 8.70. The van der Waals surface area contributed by atoms with Gasteiger partial charge in [0.15, 0.2) is 0 Å². The van der Waals surface area contributed by atoms with Crippen LogP contribution >= 0.6 is 0 Å². The molecule has 0 saturated carbocycles. The van der Waals surface area contributed by atoms with E-state index in [0.717, 1.165) is 18.5 Å². The Kier molecular flexibility index (Phi) is 4.89. The van der Waals surface area contributed by atoms with E-state index in [1.165, 1.54) is 0 Å². The molecule has 0 radical (unpaired) electrons. The zero-order chi connectivity index (χ0) is 17.3. The molecule has 132 valence electrons. The van der Waals surface area contributed by atoms with Gasteiger partial charge in [0.1, 0.15) is 11.7 Å². The van der Waals surface area contributed by atoms with Crippen molar-refractivity contribution in [2.75, 3.05) is 19.8 Å². The Labute approximate surface area is 142 Å². The number of nitrogens with one attached hydrogen (secondary N) is 1. The molecule has 24 heavy (non-hydrogen) atoms. The van der Waals surface area contributed by atoms with Crippen LogP contribution in [0.1, 0.15) is 55.2 Å². The van der Waals surface area contributed by atoms with Gasteiger partial charge < -0.3 is 15.0 Å². The van der Waals surface area contributed by atoms with Gasteiger partial charge in [-0.1, -0.05) is 13.8 Å². The van der Waals surface area contributed by atoms with Gasteiger partial charge in [-0.05, 0) is 31.2 Å². The van der Waals surface area contributed by atoms with Crippen LogP contribution in [-0.2, 0) is 16.6 Å². The van der Waals surface area contributed by atoms with Gasteiger partial charge in [0.2, 0.25) is 5.91 Å². The van der Waals surface area contributed by atoms with Crippen molar-refractivity contribution in [3.63, 3.8) is 0 Å². The molecule has 1 unspecified atom stereocenters. The SMILES string of the molecule is CC(C)c1cc(C(=O)NC2CCN(C3CCOCC3)C2=O)nn1C. The highest BCUT2D eigenvalue weighted by Crippen LogP contribution is 2.22. The van der Waals surface area contributed by atoms with Crippen molar-refractivity contribution in [2.45, 2.75) is 51.1 Å². The molecule has 1 aromatic heterocycles. The van der Waals surface area contributed by atoms with E-state index in [4.69, 9.17) is 4.74 Å². The molecule has 1 atom stereocenters. The number of likely N-dealkylation sites (tertiary alicyclic amines) is 1. The maximum atomic E-state index is 12.6. The van der Waals surface area contributed by atoms with Crippen LogP contribution in [0, 0.1) is 0 Å². The van der Waals surface area contributed by atoms with Crippen LogP contribution in [0.4, 0.5) is 0 Å². The maximum Gasteiger partial charge on any atom is 0.272 e. The van der Waals surface area contributed by atoms with Gasteiger partial charge in [-0.3, -0.25) is 14.3 Å². The minimum atomic E-state index is -0.440. The van der Waals surface area contributed by atoms with E-state index >= 15 is 0 Å². The summed E-state index contributed by atoms with van der Waals surface area (Å²) in [7, 11) is 1.83. The number of nitrogens with zero attached hydrogens (tertiary/aromatic N) is 3. The van der Waals surface area contributed by atoms with Crippen LogP contribution in [-0.4, -0.2) is 58.3 Å². The van der Waals surface area contributed by atoms with Gasteiger partial charge >= 0.3 is 0 Å². The Morgan fingerprint density at radius 1 is 1.33 bits per heavy atom. The Balaban J connectivity index is 1.62. The number of carbonyl (C=O) groups is 2. The summed E-state index contributed by atoms with van der Waals surface area (Å²) in [6, 6.07) is 1.61. The van der Waals surface area contributed by atoms with Crippen LogP contribution in [0.3, 0.4) is 0 Å². The normalized spacial score (nSPS) is 22.4. The summed E-state index contributed by atoms with van der Waals surface area (Å²) in [4.78, 5) is 26.9. The first kappa shape index (κ1) is 17.0. The lowest BCUT2D eigenvalue weighted by Crippen LogP contribution is -2.46. The number of rotatable bonds is 4. The number of hydrogen-bond donors (Lipinski definition) is 1. The molecule has 1 aromatic rings. The molecule has 2 fully saturated rings. The monoisotopic (exact) mass is 334 g/mol. The van der Waals surface area contributed by atoms with Crippen LogP contribution < -0.4 is 5.32 Å². The number of hydrogen-bond acceptors (Lipinski definition) is 4. The number of amides is 2. The predicted octanol–water partition coefficient (Wildman–Crippen LogP) is 1.05. The molecule has 0 spiro atoms. The molecule has 2 amide bonds. The topological polar surface area (TPSA) is 76.5 Å². The maximum absolute atomic E-state index is 12.6. The molecule has 1 N–H and O–H groups in total. The summed E-state index contributed by atoms with van der Waals surface area (Å²) < 4.78 is 7.08. The van der Waals surface area contributed by atoms with Gasteiger partial charge in [-0.2, -0.15) is 5.10 Å². The van der Waals surface area contributed by atoms with Gasteiger partial charge in [0.25, 0.3) is 5.91 Å². The molecular formula is C17H26N4O3. The average molecular weight is 334 g/mol. The molecule has 7 heteroatoms. The van der Waals surface area contributed by atoms with Crippen molar-refractivity contribution < 1.29 is 14.3 Å². The number of aromatic nitrogens is 2. The molecule has 7 nitrogen and oxygen atoms in total. The van der Waals surface area contributed by atoms with Gasteiger partial charge in [-0.25, -0.2) is 0 Å². The molecule has 0 aromatic carbocycles. The van der Waals surface area contributed by atoms with E-state index < -0.39 is 6.04 Å². The minimum absolute atomic E-state index is 0.0234. The summed E-state index contributed by atoms with van der Waals surface area (Å²) in [5.74, 6) is 0.0427. The standard InChI is InChI=1S/C17H26N4O3/c1-11(2)15-10-14(19-20(15)3)16(22)18-13-4-7-21(17(13)23)12-5-8-24-9-6-12/h10-13H,4-9H2,1-3H3,(H,18,22). The van der Waals surface area contributed by atoms with Crippen molar-refractivity contribution in [2.24, 2.45) is 7.05 Å². The largest absolute Gasteiger partial charge is 0.381 e. The predicted molar refractivity (Wildman–Crippen MR) is 88.7 cm³/mol. The third kappa shape index (κ3) is 3.31. The van der Waals surface area contributed by atoms with Gasteiger partial charge in [0.05, 0.1) is 0 Å². The zero-order valence-electron chi connectivity index (χ0n) is 14.6. The molecule has 2 saturated heterocycles. The molecular weight excluding hydrogens is 308 g/mol. The second-order valence-electron chi connectivity index (χ2n) is 6.92.